The summed E-state index contributed by atoms with van der Waals surface area (Å²) < 4.78 is 0. The summed E-state index contributed by atoms with van der Waals surface area (Å²) in [6.45, 7) is 0.591. The maximum atomic E-state index is 10.9. The summed E-state index contributed by atoms with van der Waals surface area (Å²) >= 11 is 1.56. The largest absolute Gasteiger partial charge is 0.363 e. The van der Waals surface area contributed by atoms with Crippen LogP contribution in [-0.2, 0) is 6.54 Å². The van der Waals surface area contributed by atoms with E-state index in [9.17, 15) is 4.79 Å². The number of nitrogens with zero attached hydrogens (tertiary/aromatic N) is 2. The van der Waals surface area contributed by atoms with Gasteiger partial charge in [0.2, 0.25) is 0 Å². The van der Waals surface area contributed by atoms with E-state index >= 15 is 0 Å². The lowest BCUT2D eigenvalue weighted by Crippen LogP contribution is -2.08. The average molecular weight is 208 g/mol. The van der Waals surface area contributed by atoms with Crippen LogP contribution in [0.2, 0.25) is 0 Å². The first-order valence-corrected chi connectivity index (χ1v) is 4.89. The lowest BCUT2D eigenvalue weighted by Gasteiger charge is -2.00. The highest BCUT2D eigenvalue weighted by molar-refractivity contribution is 7.09. The number of rotatable bonds is 3. The first-order valence-electron chi connectivity index (χ1n) is 4.01. The fraction of sp³-hybridized carbons (Fsp3) is 0.125. The van der Waals surface area contributed by atoms with Gasteiger partial charge in [0.05, 0.1) is 12.9 Å². The number of hydrogen-bond acceptors (Lipinski definition) is 5. The van der Waals surface area contributed by atoms with Gasteiger partial charge in [-0.05, 0) is 0 Å². The van der Waals surface area contributed by atoms with Crippen molar-refractivity contribution in [1.82, 2.24) is 15.0 Å². The first kappa shape index (κ1) is 8.89. The molecule has 2 heterocycles. The molecule has 2 rings (SSSR count). The molecule has 0 amide bonds. The van der Waals surface area contributed by atoms with E-state index in [4.69, 9.17) is 0 Å². The van der Waals surface area contributed by atoms with Crippen molar-refractivity contribution in [3.05, 3.63) is 39.3 Å². The van der Waals surface area contributed by atoms with Crippen molar-refractivity contribution in [2.75, 3.05) is 5.32 Å². The van der Waals surface area contributed by atoms with E-state index < -0.39 is 0 Å². The molecule has 0 atom stereocenters. The number of hydrogen-bond donors (Lipinski definition) is 2. The summed E-state index contributed by atoms with van der Waals surface area (Å²) in [5.41, 5.74) is -0.165. The third-order valence-electron chi connectivity index (χ3n) is 1.58. The molecule has 0 unspecified atom stereocenters. The molecule has 5 nitrogen and oxygen atoms in total. The molecular weight excluding hydrogens is 200 g/mol. The Labute approximate surface area is 83.9 Å². The molecule has 2 N–H and O–H groups in total. The standard InChI is InChI=1S/C8H8N4OS/c13-7-3-6(11-5-12-7)10-4-8-9-1-2-14-8/h1-3,5H,4H2,(H2,10,11,12,13). The van der Waals surface area contributed by atoms with Gasteiger partial charge in [-0.1, -0.05) is 0 Å². The van der Waals surface area contributed by atoms with Crippen LogP contribution in [0, 0.1) is 0 Å². The van der Waals surface area contributed by atoms with Crippen LogP contribution >= 0.6 is 11.3 Å². The second-order valence-corrected chi connectivity index (χ2v) is 3.55. The summed E-state index contributed by atoms with van der Waals surface area (Å²) in [5, 5.41) is 5.87. The second kappa shape index (κ2) is 4.01. The molecule has 0 saturated carbocycles. The molecule has 2 aromatic heterocycles. The molecule has 72 valence electrons. The Morgan fingerprint density at radius 2 is 2.43 bits per heavy atom. The van der Waals surface area contributed by atoms with Crippen LogP contribution in [0.1, 0.15) is 5.01 Å². The fourth-order valence-electron chi connectivity index (χ4n) is 0.972. The van der Waals surface area contributed by atoms with Crippen LogP contribution in [0.4, 0.5) is 5.82 Å². The summed E-state index contributed by atoms with van der Waals surface area (Å²) in [5.74, 6) is 0.559. The molecule has 14 heavy (non-hydrogen) atoms. The Hall–Kier alpha value is -1.69. The third kappa shape index (κ3) is 2.17. The topological polar surface area (TPSA) is 70.7 Å². The van der Waals surface area contributed by atoms with E-state index in [0.29, 0.717) is 12.4 Å². The third-order valence-corrected chi connectivity index (χ3v) is 2.36. The number of aromatic amines is 1. The Bertz CT molecular complexity index is 450. The van der Waals surface area contributed by atoms with Gasteiger partial charge in [-0.2, -0.15) is 0 Å². The quantitative estimate of drug-likeness (QED) is 0.784. The van der Waals surface area contributed by atoms with Crippen LogP contribution in [0.5, 0.6) is 0 Å². The van der Waals surface area contributed by atoms with Gasteiger partial charge in [0.25, 0.3) is 5.56 Å². The van der Waals surface area contributed by atoms with Crippen molar-refractivity contribution in [2.24, 2.45) is 0 Å². The van der Waals surface area contributed by atoms with Gasteiger partial charge in [-0.15, -0.1) is 11.3 Å². The Morgan fingerprint density at radius 3 is 3.14 bits per heavy atom. The molecule has 0 spiro atoms. The molecule has 0 bridgehead atoms. The van der Waals surface area contributed by atoms with Gasteiger partial charge in [-0.3, -0.25) is 4.79 Å². The van der Waals surface area contributed by atoms with Crippen LogP contribution in [0.25, 0.3) is 0 Å². The molecule has 2 aromatic rings. The van der Waals surface area contributed by atoms with Crippen molar-refractivity contribution in [1.29, 1.82) is 0 Å². The second-order valence-electron chi connectivity index (χ2n) is 2.58. The molecule has 6 heteroatoms. The molecule has 0 radical (unpaired) electrons. The smallest absolute Gasteiger partial charge is 0.252 e. The van der Waals surface area contributed by atoms with Gasteiger partial charge in [0.15, 0.2) is 0 Å². The maximum Gasteiger partial charge on any atom is 0.252 e. The number of H-pyrrole nitrogens is 1. The minimum Gasteiger partial charge on any atom is -0.363 e. The molecule has 0 aromatic carbocycles. The van der Waals surface area contributed by atoms with Gasteiger partial charge in [0.1, 0.15) is 10.8 Å². The van der Waals surface area contributed by atoms with Gasteiger partial charge < -0.3 is 10.3 Å². The van der Waals surface area contributed by atoms with Crippen LogP contribution in [-0.4, -0.2) is 15.0 Å². The number of anilines is 1. The zero-order valence-corrected chi connectivity index (χ0v) is 8.04. The monoisotopic (exact) mass is 208 g/mol. The van der Waals surface area contributed by atoms with Crippen molar-refractivity contribution in [2.45, 2.75) is 6.54 Å². The predicted molar refractivity (Wildman–Crippen MR) is 54.3 cm³/mol. The van der Waals surface area contributed by atoms with E-state index in [0.717, 1.165) is 5.01 Å². The van der Waals surface area contributed by atoms with E-state index in [1.807, 2.05) is 5.38 Å². The zero-order chi connectivity index (χ0) is 9.80. The van der Waals surface area contributed by atoms with Crippen molar-refractivity contribution < 1.29 is 0 Å². The molecule has 0 aliphatic rings. The highest BCUT2D eigenvalue weighted by Gasteiger charge is 1.96. The predicted octanol–water partition coefficient (Wildman–Crippen LogP) is 0.839. The SMILES string of the molecule is O=c1cc(NCc2nccs2)nc[nH]1. The molecule has 0 aliphatic carbocycles. The minimum atomic E-state index is -0.165. The van der Waals surface area contributed by atoms with Crippen molar-refractivity contribution in [3.8, 4) is 0 Å². The van der Waals surface area contributed by atoms with Gasteiger partial charge in [0, 0.05) is 17.6 Å². The van der Waals surface area contributed by atoms with Crippen LogP contribution in [0.15, 0.2) is 28.8 Å². The summed E-state index contributed by atoms with van der Waals surface area (Å²) in [6, 6.07) is 1.41. The highest BCUT2D eigenvalue weighted by Crippen LogP contribution is 2.06. The van der Waals surface area contributed by atoms with E-state index in [-0.39, 0.29) is 5.56 Å². The summed E-state index contributed by atoms with van der Waals surface area (Å²) in [4.78, 5) is 21.4. The number of thiazole rings is 1. The van der Waals surface area contributed by atoms with Crippen molar-refractivity contribution in [3.63, 3.8) is 0 Å². The van der Waals surface area contributed by atoms with E-state index in [2.05, 4.69) is 20.3 Å². The fourth-order valence-corrected chi connectivity index (χ4v) is 1.53. The van der Waals surface area contributed by atoms with Crippen molar-refractivity contribution >= 4 is 17.2 Å². The molecule has 0 aliphatic heterocycles. The van der Waals surface area contributed by atoms with Crippen LogP contribution < -0.4 is 10.9 Å². The van der Waals surface area contributed by atoms with E-state index in [1.54, 1.807) is 17.5 Å². The summed E-state index contributed by atoms with van der Waals surface area (Å²) in [7, 11) is 0. The first-order chi connectivity index (χ1) is 6.84. The average Bonchev–Trinajstić information content (AvgIpc) is 2.67. The van der Waals surface area contributed by atoms with Crippen LogP contribution in [0.3, 0.4) is 0 Å². The minimum absolute atomic E-state index is 0.165. The number of nitrogens with one attached hydrogen (secondary N) is 2. The Kier molecular flexibility index (Phi) is 2.55. The summed E-state index contributed by atoms with van der Waals surface area (Å²) in [6.07, 6.45) is 3.11. The van der Waals surface area contributed by atoms with E-state index in [1.165, 1.54) is 12.4 Å². The lowest BCUT2D eigenvalue weighted by atomic mass is 10.5. The number of aromatic nitrogens is 3. The maximum absolute atomic E-state index is 10.9. The van der Waals surface area contributed by atoms with Gasteiger partial charge in [-0.25, -0.2) is 9.97 Å². The molecule has 0 fully saturated rings. The lowest BCUT2D eigenvalue weighted by molar-refractivity contribution is 1.04. The Balaban J connectivity index is 2.02. The Morgan fingerprint density at radius 1 is 1.50 bits per heavy atom. The normalized spacial score (nSPS) is 10.0. The zero-order valence-electron chi connectivity index (χ0n) is 7.23. The highest BCUT2D eigenvalue weighted by atomic mass is 32.1. The molecular formula is C8H8N4OS. The molecule has 0 saturated heterocycles. The van der Waals surface area contributed by atoms with Gasteiger partial charge >= 0.3 is 0 Å².